The topological polar surface area (TPSA) is 47.6 Å². The van der Waals surface area contributed by atoms with Crippen LogP contribution in [0.3, 0.4) is 0 Å². The Morgan fingerprint density at radius 3 is 2.76 bits per heavy atom. The second kappa shape index (κ2) is 6.43. The maximum atomic E-state index is 13.6. The third kappa shape index (κ3) is 3.53. The lowest BCUT2D eigenvalue weighted by Gasteiger charge is -2.29. The predicted octanol–water partition coefficient (Wildman–Crippen LogP) is 2.67. The minimum atomic E-state index is -0.737. The molecule has 1 aromatic carbocycles. The summed E-state index contributed by atoms with van der Waals surface area (Å²) in [5.41, 5.74) is -0.737. The summed E-state index contributed by atoms with van der Waals surface area (Å²) in [7, 11) is 1.39. The summed E-state index contributed by atoms with van der Waals surface area (Å²) in [5.74, 6) is -0.437. The van der Waals surface area contributed by atoms with Crippen molar-refractivity contribution >= 4 is 5.97 Å². The van der Waals surface area contributed by atoms with E-state index in [1.54, 1.807) is 18.2 Å². The highest BCUT2D eigenvalue weighted by atomic mass is 19.1. The monoisotopic (exact) mass is 295 g/mol. The molecule has 5 heteroatoms. The molecule has 1 aliphatic rings. The lowest BCUT2D eigenvalue weighted by Crippen LogP contribution is -2.54. The van der Waals surface area contributed by atoms with Crippen LogP contribution in [0.2, 0.25) is 0 Å². The number of methoxy groups -OCH3 is 1. The molecule has 2 unspecified atom stereocenters. The smallest absolute Gasteiger partial charge is 0.326 e. The SMILES string of the molecule is COC(=O)C1(NC(C)C)CCC(Oc2ccccc2F)C1. The predicted molar refractivity (Wildman–Crippen MR) is 77.7 cm³/mol. The van der Waals surface area contributed by atoms with Crippen molar-refractivity contribution in [3.63, 3.8) is 0 Å². The summed E-state index contributed by atoms with van der Waals surface area (Å²) in [6.45, 7) is 3.96. The third-order valence-electron chi connectivity index (χ3n) is 3.74. The van der Waals surface area contributed by atoms with Crippen molar-refractivity contribution in [2.75, 3.05) is 7.11 Å². The summed E-state index contributed by atoms with van der Waals surface area (Å²) in [4.78, 5) is 12.1. The van der Waals surface area contributed by atoms with Gasteiger partial charge in [-0.2, -0.15) is 0 Å². The van der Waals surface area contributed by atoms with E-state index in [0.717, 1.165) is 0 Å². The second-order valence-electron chi connectivity index (χ2n) is 5.79. The van der Waals surface area contributed by atoms with E-state index in [4.69, 9.17) is 9.47 Å². The number of hydrogen-bond donors (Lipinski definition) is 1. The lowest BCUT2D eigenvalue weighted by atomic mass is 9.96. The number of benzene rings is 1. The maximum absolute atomic E-state index is 13.6. The van der Waals surface area contributed by atoms with E-state index >= 15 is 0 Å². The molecule has 1 aliphatic carbocycles. The van der Waals surface area contributed by atoms with Gasteiger partial charge in [0.05, 0.1) is 7.11 Å². The normalized spacial score (nSPS) is 25.1. The molecular formula is C16H22FNO3. The Kier molecular flexibility index (Phi) is 4.83. The first-order valence-corrected chi connectivity index (χ1v) is 7.24. The first-order chi connectivity index (χ1) is 9.97. The van der Waals surface area contributed by atoms with Crippen LogP contribution in [-0.2, 0) is 9.53 Å². The quantitative estimate of drug-likeness (QED) is 0.848. The molecule has 0 bridgehead atoms. The van der Waals surface area contributed by atoms with Gasteiger partial charge in [0.2, 0.25) is 0 Å². The molecule has 1 saturated carbocycles. The second-order valence-corrected chi connectivity index (χ2v) is 5.79. The molecular weight excluding hydrogens is 273 g/mol. The highest BCUT2D eigenvalue weighted by Crippen LogP contribution is 2.34. The first kappa shape index (κ1) is 15.8. The van der Waals surface area contributed by atoms with Crippen LogP contribution in [0.25, 0.3) is 0 Å². The fourth-order valence-electron chi connectivity index (χ4n) is 2.94. The first-order valence-electron chi connectivity index (χ1n) is 7.24. The lowest BCUT2D eigenvalue weighted by molar-refractivity contribution is -0.149. The minimum absolute atomic E-state index is 0.149. The molecule has 0 aromatic heterocycles. The van der Waals surface area contributed by atoms with Crippen molar-refractivity contribution in [1.82, 2.24) is 5.32 Å². The van der Waals surface area contributed by atoms with Crippen LogP contribution in [0.5, 0.6) is 5.75 Å². The van der Waals surface area contributed by atoms with E-state index in [1.165, 1.54) is 13.2 Å². The standard InChI is InChI=1S/C16H22FNO3/c1-11(2)18-16(15(19)20-3)9-8-12(10-16)21-14-7-5-4-6-13(14)17/h4-7,11-12,18H,8-10H2,1-3H3. The van der Waals surface area contributed by atoms with Crippen LogP contribution in [0.15, 0.2) is 24.3 Å². The van der Waals surface area contributed by atoms with Crippen molar-refractivity contribution in [2.45, 2.75) is 50.8 Å². The highest BCUT2D eigenvalue weighted by molar-refractivity contribution is 5.81. The van der Waals surface area contributed by atoms with E-state index in [-0.39, 0.29) is 29.7 Å². The molecule has 0 radical (unpaired) electrons. The van der Waals surface area contributed by atoms with E-state index in [9.17, 15) is 9.18 Å². The zero-order valence-electron chi connectivity index (χ0n) is 12.7. The third-order valence-corrected chi connectivity index (χ3v) is 3.74. The molecule has 2 atom stereocenters. The summed E-state index contributed by atoms with van der Waals surface area (Å²) < 4.78 is 24.3. The van der Waals surface area contributed by atoms with E-state index in [1.807, 2.05) is 13.8 Å². The number of rotatable bonds is 5. The van der Waals surface area contributed by atoms with Crippen LogP contribution in [0, 0.1) is 5.82 Å². The van der Waals surface area contributed by atoms with Gasteiger partial charge in [0.25, 0.3) is 0 Å². The molecule has 1 fully saturated rings. The number of halogens is 1. The number of carbonyl (C=O) groups excluding carboxylic acids is 1. The number of nitrogens with one attached hydrogen (secondary N) is 1. The Morgan fingerprint density at radius 1 is 1.43 bits per heavy atom. The zero-order chi connectivity index (χ0) is 15.5. The number of hydrogen-bond acceptors (Lipinski definition) is 4. The van der Waals surface area contributed by atoms with Crippen LogP contribution < -0.4 is 10.1 Å². The van der Waals surface area contributed by atoms with Gasteiger partial charge in [-0.15, -0.1) is 0 Å². The van der Waals surface area contributed by atoms with Gasteiger partial charge in [-0.25, -0.2) is 4.39 Å². The summed E-state index contributed by atoms with van der Waals surface area (Å²) in [6, 6.07) is 6.47. The Bertz CT molecular complexity index is 506. The number of para-hydroxylation sites is 1. The van der Waals surface area contributed by atoms with Crippen molar-refractivity contribution in [3.05, 3.63) is 30.1 Å². The van der Waals surface area contributed by atoms with Crippen LogP contribution in [-0.4, -0.2) is 30.8 Å². The van der Waals surface area contributed by atoms with E-state index in [0.29, 0.717) is 19.3 Å². The fraction of sp³-hybridized carbons (Fsp3) is 0.562. The Morgan fingerprint density at radius 2 is 2.14 bits per heavy atom. The van der Waals surface area contributed by atoms with Crippen molar-refractivity contribution < 1.29 is 18.7 Å². The van der Waals surface area contributed by atoms with Crippen LogP contribution >= 0.6 is 0 Å². The molecule has 21 heavy (non-hydrogen) atoms. The van der Waals surface area contributed by atoms with Crippen molar-refractivity contribution in [1.29, 1.82) is 0 Å². The van der Waals surface area contributed by atoms with E-state index < -0.39 is 5.54 Å². The largest absolute Gasteiger partial charge is 0.487 e. The van der Waals surface area contributed by atoms with Gasteiger partial charge >= 0.3 is 5.97 Å². The van der Waals surface area contributed by atoms with Gasteiger partial charge < -0.3 is 9.47 Å². The fourth-order valence-corrected chi connectivity index (χ4v) is 2.94. The summed E-state index contributed by atoms with van der Waals surface area (Å²) >= 11 is 0. The molecule has 0 amide bonds. The molecule has 0 spiro atoms. The Labute approximate surface area is 124 Å². The molecule has 0 aliphatic heterocycles. The Hall–Kier alpha value is -1.62. The molecule has 4 nitrogen and oxygen atoms in total. The van der Waals surface area contributed by atoms with Gasteiger partial charge in [-0.3, -0.25) is 10.1 Å². The van der Waals surface area contributed by atoms with Gasteiger partial charge in [-0.1, -0.05) is 12.1 Å². The van der Waals surface area contributed by atoms with Crippen LogP contribution in [0.4, 0.5) is 4.39 Å². The number of ether oxygens (including phenoxy) is 2. The van der Waals surface area contributed by atoms with Gasteiger partial charge in [0.15, 0.2) is 11.6 Å². The number of esters is 1. The minimum Gasteiger partial charge on any atom is -0.487 e. The molecule has 0 heterocycles. The average Bonchev–Trinajstić information content (AvgIpc) is 2.84. The zero-order valence-corrected chi connectivity index (χ0v) is 12.7. The average molecular weight is 295 g/mol. The highest BCUT2D eigenvalue weighted by Gasteiger charge is 2.47. The van der Waals surface area contributed by atoms with Gasteiger partial charge in [-0.05, 0) is 38.8 Å². The summed E-state index contributed by atoms with van der Waals surface area (Å²) in [6.07, 6.45) is 1.58. The van der Waals surface area contributed by atoms with E-state index in [2.05, 4.69) is 5.32 Å². The van der Waals surface area contributed by atoms with Crippen LogP contribution in [0.1, 0.15) is 33.1 Å². The molecule has 116 valence electrons. The maximum Gasteiger partial charge on any atom is 0.326 e. The molecule has 2 rings (SSSR count). The molecule has 0 saturated heterocycles. The van der Waals surface area contributed by atoms with Crippen molar-refractivity contribution in [2.24, 2.45) is 0 Å². The Balaban J connectivity index is 2.09. The molecule has 1 N–H and O–H groups in total. The number of carbonyl (C=O) groups is 1. The van der Waals surface area contributed by atoms with Gasteiger partial charge in [0.1, 0.15) is 11.6 Å². The van der Waals surface area contributed by atoms with Crippen molar-refractivity contribution in [3.8, 4) is 5.75 Å². The van der Waals surface area contributed by atoms with Gasteiger partial charge in [0, 0.05) is 12.5 Å². The summed E-state index contributed by atoms with van der Waals surface area (Å²) in [5, 5.41) is 3.29. The molecule has 1 aromatic rings.